The van der Waals surface area contributed by atoms with E-state index in [-0.39, 0.29) is 12.8 Å². The SMILES string of the molecule is COc1ccc(CC(O)CCC(F)(F)F)cc1OC. The van der Waals surface area contributed by atoms with Crippen molar-refractivity contribution >= 4 is 0 Å². The second-order valence-corrected chi connectivity index (χ2v) is 4.20. The molecule has 1 rings (SSSR count). The van der Waals surface area contributed by atoms with Crippen LogP contribution in [0.2, 0.25) is 0 Å². The molecule has 0 amide bonds. The fourth-order valence-electron chi connectivity index (χ4n) is 1.71. The molecule has 0 saturated carbocycles. The molecule has 0 aliphatic carbocycles. The number of aliphatic hydroxyl groups is 1. The quantitative estimate of drug-likeness (QED) is 0.869. The van der Waals surface area contributed by atoms with Crippen molar-refractivity contribution in [3.05, 3.63) is 23.8 Å². The molecule has 0 spiro atoms. The molecule has 1 aromatic rings. The lowest BCUT2D eigenvalue weighted by Gasteiger charge is -2.14. The number of aliphatic hydroxyl groups excluding tert-OH is 1. The van der Waals surface area contributed by atoms with Crippen LogP contribution < -0.4 is 9.47 Å². The minimum atomic E-state index is -4.24. The van der Waals surface area contributed by atoms with Gasteiger partial charge in [-0.05, 0) is 30.5 Å². The predicted octanol–water partition coefficient (Wildman–Crippen LogP) is 2.95. The van der Waals surface area contributed by atoms with Gasteiger partial charge in [-0.2, -0.15) is 13.2 Å². The molecular weight excluding hydrogens is 261 g/mol. The van der Waals surface area contributed by atoms with Crippen LogP contribution in [0.1, 0.15) is 18.4 Å². The van der Waals surface area contributed by atoms with Crippen LogP contribution in [0.25, 0.3) is 0 Å². The van der Waals surface area contributed by atoms with Crippen molar-refractivity contribution < 1.29 is 27.8 Å². The van der Waals surface area contributed by atoms with E-state index in [1.807, 2.05) is 0 Å². The smallest absolute Gasteiger partial charge is 0.389 e. The maximum absolute atomic E-state index is 12.0. The minimum absolute atomic E-state index is 0.149. The van der Waals surface area contributed by atoms with E-state index in [2.05, 4.69) is 0 Å². The lowest BCUT2D eigenvalue weighted by Crippen LogP contribution is -2.16. The summed E-state index contributed by atoms with van der Waals surface area (Å²) in [6.07, 6.45) is -6.41. The molecule has 1 atom stereocenters. The minimum Gasteiger partial charge on any atom is -0.493 e. The van der Waals surface area contributed by atoms with Gasteiger partial charge in [0.25, 0.3) is 0 Å². The topological polar surface area (TPSA) is 38.7 Å². The van der Waals surface area contributed by atoms with Crippen LogP contribution in [0.3, 0.4) is 0 Å². The molecule has 0 aliphatic rings. The highest BCUT2D eigenvalue weighted by Gasteiger charge is 2.27. The first-order valence-corrected chi connectivity index (χ1v) is 5.81. The van der Waals surface area contributed by atoms with Crippen LogP contribution in [0.5, 0.6) is 11.5 Å². The molecular formula is C13H17F3O3. The molecule has 0 radical (unpaired) electrons. The second kappa shape index (κ2) is 6.65. The Morgan fingerprint density at radius 2 is 1.79 bits per heavy atom. The molecule has 0 aromatic heterocycles. The van der Waals surface area contributed by atoms with Crippen LogP contribution in [0.4, 0.5) is 13.2 Å². The van der Waals surface area contributed by atoms with E-state index in [9.17, 15) is 18.3 Å². The maximum Gasteiger partial charge on any atom is 0.389 e. The van der Waals surface area contributed by atoms with Crippen molar-refractivity contribution in [1.29, 1.82) is 0 Å². The van der Waals surface area contributed by atoms with Gasteiger partial charge in [0.15, 0.2) is 11.5 Å². The van der Waals surface area contributed by atoms with Gasteiger partial charge in [0.1, 0.15) is 0 Å². The first-order chi connectivity index (χ1) is 8.85. The summed E-state index contributed by atoms with van der Waals surface area (Å²) in [5.41, 5.74) is 0.701. The van der Waals surface area contributed by atoms with Crippen LogP contribution in [0, 0.1) is 0 Å². The first-order valence-electron chi connectivity index (χ1n) is 5.81. The maximum atomic E-state index is 12.0. The van der Waals surface area contributed by atoms with Crippen LogP contribution >= 0.6 is 0 Å². The molecule has 19 heavy (non-hydrogen) atoms. The van der Waals surface area contributed by atoms with Crippen LogP contribution in [0.15, 0.2) is 18.2 Å². The number of methoxy groups -OCH3 is 2. The predicted molar refractivity (Wildman–Crippen MR) is 64.5 cm³/mol. The standard InChI is InChI=1S/C13H17F3O3/c1-18-11-4-3-9(8-12(11)19-2)7-10(17)5-6-13(14,15)16/h3-4,8,10,17H,5-7H2,1-2H3. The number of alkyl halides is 3. The zero-order chi connectivity index (χ0) is 14.5. The van der Waals surface area contributed by atoms with Crippen LogP contribution in [-0.4, -0.2) is 31.6 Å². The van der Waals surface area contributed by atoms with Gasteiger partial charge in [0.2, 0.25) is 0 Å². The Kier molecular flexibility index (Phi) is 5.47. The normalized spacial score (nSPS) is 13.2. The van der Waals surface area contributed by atoms with Gasteiger partial charge in [-0.15, -0.1) is 0 Å². The van der Waals surface area contributed by atoms with Gasteiger partial charge in [-0.25, -0.2) is 0 Å². The van der Waals surface area contributed by atoms with Gasteiger partial charge in [0, 0.05) is 6.42 Å². The number of benzene rings is 1. The number of hydrogen-bond donors (Lipinski definition) is 1. The van der Waals surface area contributed by atoms with Gasteiger partial charge in [-0.3, -0.25) is 0 Å². The van der Waals surface area contributed by atoms with Crippen molar-refractivity contribution in [2.45, 2.75) is 31.5 Å². The van der Waals surface area contributed by atoms with E-state index < -0.39 is 18.7 Å². The Morgan fingerprint density at radius 1 is 1.16 bits per heavy atom. The third-order valence-corrected chi connectivity index (χ3v) is 2.68. The summed E-state index contributed by atoms with van der Waals surface area (Å²) in [4.78, 5) is 0. The first kappa shape index (κ1) is 15.6. The fraction of sp³-hybridized carbons (Fsp3) is 0.538. The van der Waals surface area contributed by atoms with Crippen molar-refractivity contribution in [2.24, 2.45) is 0 Å². The molecule has 1 aromatic carbocycles. The van der Waals surface area contributed by atoms with E-state index in [0.29, 0.717) is 17.1 Å². The van der Waals surface area contributed by atoms with E-state index in [1.54, 1.807) is 18.2 Å². The van der Waals surface area contributed by atoms with Crippen molar-refractivity contribution in [3.8, 4) is 11.5 Å². The summed E-state index contributed by atoms with van der Waals surface area (Å²) >= 11 is 0. The Bertz CT molecular complexity index is 405. The largest absolute Gasteiger partial charge is 0.493 e. The average Bonchev–Trinajstić information content (AvgIpc) is 2.35. The number of hydrogen-bond acceptors (Lipinski definition) is 3. The molecule has 0 fully saturated rings. The third kappa shape index (κ3) is 5.38. The highest BCUT2D eigenvalue weighted by Crippen LogP contribution is 2.29. The van der Waals surface area contributed by atoms with Crippen LogP contribution in [-0.2, 0) is 6.42 Å². The number of halogens is 3. The third-order valence-electron chi connectivity index (χ3n) is 2.68. The molecule has 0 heterocycles. The molecule has 1 unspecified atom stereocenters. The molecule has 6 heteroatoms. The number of ether oxygens (including phenoxy) is 2. The summed E-state index contributed by atoms with van der Waals surface area (Å²) in [5, 5.41) is 9.58. The Morgan fingerprint density at radius 3 is 2.32 bits per heavy atom. The number of rotatable bonds is 6. The van der Waals surface area contributed by atoms with Crippen molar-refractivity contribution in [3.63, 3.8) is 0 Å². The zero-order valence-electron chi connectivity index (χ0n) is 10.8. The molecule has 1 N–H and O–H groups in total. The summed E-state index contributed by atoms with van der Waals surface area (Å²) in [6, 6.07) is 5.00. The lowest BCUT2D eigenvalue weighted by molar-refractivity contribution is -0.139. The van der Waals surface area contributed by atoms with E-state index in [0.717, 1.165) is 0 Å². The highest BCUT2D eigenvalue weighted by molar-refractivity contribution is 5.43. The molecule has 3 nitrogen and oxygen atoms in total. The molecule has 0 bridgehead atoms. The average molecular weight is 278 g/mol. The van der Waals surface area contributed by atoms with Gasteiger partial charge < -0.3 is 14.6 Å². The molecule has 108 valence electrons. The summed E-state index contributed by atoms with van der Waals surface area (Å²) in [7, 11) is 2.97. The monoisotopic (exact) mass is 278 g/mol. The Labute approximate surface area is 110 Å². The lowest BCUT2D eigenvalue weighted by atomic mass is 10.0. The summed E-state index contributed by atoms with van der Waals surface area (Å²) < 4.78 is 46.2. The van der Waals surface area contributed by atoms with E-state index >= 15 is 0 Å². The van der Waals surface area contributed by atoms with Gasteiger partial charge >= 0.3 is 6.18 Å². The molecule has 0 saturated heterocycles. The van der Waals surface area contributed by atoms with E-state index in [4.69, 9.17) is 9.47 Å². The van der Waals surface area contributed by atoms with E-state index in [1.165, 1.54) is 14.2 Å². The summed E-state index contributed by atoms with van der Waals surface area (Å²) in [6.45, 7) is 0. The van der Waals surface area contributed by atoms with Crippen molar-refractivity contribution in [1.82, 2.24) is 0 Å². The zero-order valence-corrected chi connectivity index (χ0v) is 10.8. The Balaban J connectivity index is 2.61. The van der Waals surface area contributed by atoms with Gasteiger partial charge in [0.05, 0.1) is 20.3 Å². The van der Waals surface area contributed by atoms with Gasteiger partial charge in [-0.1, -0.05) is 6.07 Å². The molecule has 0 aliphatic heterocycles. The second-order valence-electron chi connectivity index (χ2n) is 4.20. The highest BCUT2D eigenvalue weighted by atomic mass is 19.4. The summed E-state index contributed by atoms with van der Waals surface area (Å²) in [5.74, 6) is 1.03. The fourth-order valence-corrected chi connectivity index (χ4v) is 1.71. The van der Waals surface area contributed by atoms with Crippen molar-refractivity contribution in [2.75, 3.05) is 14.2 Å². The Hall–Kier alpha value is -1.43.